The minimum atomic E-state index is 0.433. The van der Waals surface area contributed by atoms with Crippen molar-refractivity contribution in [3.63, 3.8) is 0 Å². The summed E-state index contributed by atoms with van der Waals surface area (Å²) in [4.78, 5) is 11.2. The first-order valence-electron chi connectivity index (χ1n) is 6.81. The van der Waals surface area contributed by atoms with Crippen molar-refractivity contribution in [3.05, 3.63) is 82.5 Å². The molecule has 0 N–H and O–H groups in total. The summed E-state index contributed by atoms with van der Waals surface area (Å²) in [5, 5.41) is 7.65. The monoisotopic (exact) mass is 277 g/mol. The summed E-state index contributed by atoms with van der Waals surface area (Å²) in [7, 11) is 0. The molecule has 0 radical (unpaired) electrons. The third kappa shape index (κ3) is 2.60. The summed E-state index contributed by atoms with van der Waals surface area (Å²) in [5.41, 5.74) is 3.96. The van der Waals surface area contributed by atoms with Crippen LogP contribution in [-0.4, -0.2) is 9.78 Å². The highest BCUT2D eigenvalue weighted by Gasteiger charge is 2.17. The molecule has 21 heavy (non-hydrogen) atoms. The van der Waals surface area contributed by atoms with E-state index in [4.69, 9.17) is 0 Å². The average Bonchev–Trinajstić information content (AvgIpc) is 2.85. The van der Waals surface area contributed by atoms with E-state index in [-0.39, 0.29) is 0 Å². The van der Waals surface area contributed by atoms with Crippen LogP contribution in [0.25, 0.3) is 5.69 Å². The third-order valence-corrected chi connectivity index (χ3v) is 3.43. The van der Waals surface area contributed by atoms with Gasteiger partial charge in [0.15, 0.2) is 5.69 Å². The zero-order valence-corrected chi connectivity index (χ0v) is 11.7. The minimum Gasteiger partial charge on any atom is -0.235 e. The van der Waals surface area contributed by atoms with Gasteiger partial charge in [-0.15, -0.1) is 4.91 Å². The van der Waals surface area contributed by atoms with E-state index in [2.05, 4.69) is 10.3 Å². The highest BCUT2D eigenvalue weighted by atomic mass is 16.3. The Balaban J connectivity index is 2.11. The number of nitrogens with zero attached hydrogens (tertiary/aromatic N) is 3. The molecule has 104 valence electrons. The highest BCUT2D eigenvalue weighted by Crippen LogP contribution is 2.28. The third-order valence-electron chi connectivity index (χ3n) is 3.43. The molecule has 0 aliphatic rings. The standard InChI is InChI=1S/C17H15N3O/c1-13-17(19-21)16(12-14-8-4-2-5-9-14)20(18-13)15-10-6-3-7-11-15/h2-11H,12H2,1H3. The fourth-order valence-electron chi connectivity index (χ4n) is 2.42. The highest BCUT2D eigenvalue weighted by molar-refractivity contribution is 5.52. The van der Waals surface area contributed by atoms with Crippen molar-refractivity contribution in [1.82, 2.24) is 9.78 Å². The molecule has 0 bridgehead atoms. The Hall–Kier alpha value is -2.75. The van der Waals surface area contributed by atoms with Gasteiger partial charge in [0, 0.05) is 6.42 Å². The molecule has 0 aliphatic carbocycles. The van der Waals surface area contributed by atoms with E-state index in [0.717, 1.165) is 16.9 Å². The van der Waals surface area contributed by atoms with E-state index in [9.17, 15) is 4.91 Å². The lowest BCUT2D eigenvalue weighted by atomic mass is 10.1. The molecule has 0 aliphatic heterocycles. The van der Waals surface area contributed by atoms with E-state index in [1.54, 1.807) is 4.68 Å². The summed E-state index contributed by atoms with van der Waals surface area (Å²) in [6.07, 6.45) is 0.623. The van der Waals surface area contributed by atoms with Gasteiger partial charge in [-0.05, 0) is 29.8 Å². The maximum atomic E-state index is 11.2. The predicted octanol–water partition coefficient (Wildman–Crippen LogP) is 4.17. The van der Waals surface area contributed by atoms with Crippen LogP contribution in [0.1, 0.15) is 17.0 Å². The molecule has 0 saturated carbocycles. The van der Waals surface area contributed by atoms with E-state index >= 15 is 0 Å². The van der Waals surface area contributed by atoms with Crippen LogP contribution >= 0.6 is 0 Å². The van der Waals surface area contributed by atoms with Crippen molar-refractivity contribution in [2.45, 2.75) is 13.3 Å². The molecule has 0 saturated heterocycles. The molecule has 0 fully saturated rings. The number of hydrogen-bond acceptors (Lipinski definition) is 3. The topological polar surface area (TPSA) is 47.2 Å². The SMILES string of the molecule is Cc1nn(-c2ccccc2)c(Cc2ccccc2)c1N=O. The first-order chi connectivity index (χ1) is 10.3. The van der Waals surface area contributed by atoms with E-state index in [1.807, 2.05) is 67.6 Å². The first kappa shape index (κ1) is 13.2. The van der Waals surface area contributed by atoms with Gasteiger partial charge in [-0.25, -0.2) is 4.68 Å². The molecule has 2 aromatic carbocycles. The normalized spacial score (nSPS) is 10.5. The lowest BCUT2D eigenvalue weighted by Gasteiger charge is -2.07. The number of nitroso groups, excluding NO2 is 1. The van der Waals surface area contributed by atoms with Gasteiger partial charge in [0.25, 0.3) is 0 Å². The second-order valence-electron chi connectivity index (χ2n) is 4.88. The van der Waals surface area contributed by atoms with Gasteiger partial charge in [-0.2, -0.15) is 5.10 Å². The van der Waals surface area contributed by atoms with E-state index in [0.29, 0.717) is 17.8 Å². The Bertz CT molecular complexity index is 748. The Morgan fingerprint density at radius 1 is 1.00 bits per heavy atom. The molecule has 4 nitrogen and oxygen atoms in total. The van der Waals surface area contributed by atoms with Gasteiger partial charge < -0.3 is 0 Å². The number of para-hydroxylation sites is 1. The molecule has 0 spiro atoms. The Labute approximate surface area is 123 Å². The predicted molar refractivity (Wildman–Crippen MR) is 83.0 cm³/mol. The zero-order chi connectivity index (χ0) is 14.7. The Morgan fingerprint density at radius 2 is 1.62 bits per heavy atom. The number of aromatic nitrogens is 2. The molecule has 0 atom stereocenters. The van der Waals surface area contributed by atoms with Gasteiger partial charge in [0.1, 0.15) is 0 Å². The molecule has 3 rings (SSSR count). The van der Waals surface area contributed by atoms with Crippen LogP contribution in [0.4, 0.5) is 5.69 Å². The van der Waals surface area contributed by atoms with Crippen molar-refractivity contribution >= 4 is 5.69 Å². The molecule has 0 amide bonds. The molecule has 3 aromatic rings. The van der Waals surface area contributed by atoms with Crippen LogP contribution in [0.15, 0.2) is 65.8 Å². The van der Waals surface area contributed by atoms with Crippen molar-refractivity contribution in [1.29, 1.82) is 0 Å². The van der Waals surface area contributed by atoms with Crippen LogP contribution in [0.5, 0.6) is 0 Å². The minimum absolute atomic E-state index is 0.433. The van der Waals surface area contributed by atoms with E-state index < -0.39 is 0 Å². The molecular formula is C17H15N3O. The van der Waals surface area contributed by atoms with Gasteiger partial charge in [-0.3, -0.25) is 0 Å². The first-order valence-corrected chi connectivity index (χ1v) is 6.81. The van der Waals surface area contributed by atoms with Crippen molar-refractivity contribution in [2.24, 2.45) is 5.18 Å². The summed E-state index contributed by atoms with van der Waals surface area (Å²) >= 11 is 0. The largest absolute Gasteiger partial charge is 0.235 e. The number of benzene rings is 2. The number of rotatable bonds is 4. The smallest absolute Gasteiger partial charge is 0.152 e. The lowest BCUT2D eigenvalue weighted by molar-refractivity contribution is 0.813. The second-order valence-corrected chi connectivity index (χ2v) is 4.88. The second kappa shape index (κ2) is 5.71. The molecule has 4 heteroatoms. The van der Waals surface area contributed by atoms with E-state index in [1.165, 1.54) is 0 Å². The molecule has 0 unspecified atom stereocenters. The number of aryl methyl sites for hydroxylation is 1. The van der Waals surface area contributed by atoms with Gasteiger partial charge in [0.2, 0.25) is 0 Å². The van der Waals surface area contributed by atoms with Gasteiger partial charge in [0.05, 0.1) is 17.1 Å². The van der Waals surface area contributed by atoms with Crippen molar-refractivity contribution < 1.29 is 0 Å². The Morgan fingerprint density at radius 3 is 2.24 bits per heavy atom. The molecular weight excluding hydrogens is 262 g/mol. The summed E-state index contributed by atoms with van der Waals surface area (Å²) in [5.74, 6) is 0. The summed E-state index contributed by atoms with van der Waals surface area (Å²) in [6.45, 7) is 1.81. The zero-order valence-electron chi connectivity index (χ0n) is 11.7. The van der Waals surface area contributed by atoms with Crippen LogP contribution in [0, 0.1) is 11.8 Å². The van der Waals surface area contributed by atoms with Gasteiger partial charge in [-0.1, -0.05) is 48.5 Å². The van der Waals surface area contributed by atoms with Crippen LogP contribution in [0.3, 0.4) is 0 Å². The quantitative estimate of drug-likeness (QED) is 0.672. The van der Waals surface area contributed by atoms with Gasteiger partial charge >= 0.3 is 0 Å². The van der Waals surface area contributed by atoms with Crippen molar-refractivity contribution in [2.75, 3.05) is 0 Å². The summed E-state index contributed by atoms with van der Waals surface area (Å²) < 4.78 is 1.80. The fraction of sp³-hybridized carbons (Fsp3) is 0.118. The maximum Gasteiger partial charge on any atom is 0.152 e. The number of hydrogen-bond donors (Lipinski definition) is 0. The van der Waals surface area contributed by atoms with Crippen LogP contribution < -0.4 is 0 Å². The summed E-state index contributed by atoms with van der Waals surface area (Å²) in [6, 6.07) is 19.8. The van der Waals surface area contributed by atoms with Crippen LogP contribution in [-0.2, 0) is 6.42 Å². The van der Waals surface area contributed by atoms with Crippen LogP contribution in [0.2, 0.25) is 0 Å². The van der Waals surface area contributed by atoms with Crippen molar-refractivity contribution in [3.8, 4) is 5.69 Å². The lowest BCUT2D eigenvalue weighted by Crippen LogP contribution is -2.03. The Kier molecular flexibility index (Phi) is 3.60. The fourth-order valence-corrected chi connectivity index (χ4v) is 2.42. The average molecular weight is 277 g/mol. The molecule has 1 heterocycles. The molecule has 1 aromatic heterocycles. The maximum absolute atomic E-state index is 11.2.